The van der Waals surface area contributed by atoms with E-state index in [1.54, 1.807) is 6.07 Å². The van der Waals surface area contributed by atoms with E-state index in [2.05, 4.69) is 15.3 Å². The Morgan fingerprint density at radius 3 is 2.94 bits per heavy atom. The van der Waals surface area contributed by atoms with Crippen molar-refractivity contribution in [3.63, 3.8) is 0 Å². The molecule has 17 heavy (non-hydrogen) atoms. The lowest BCUT2D eigenvalue weighted by Crippen LogP contribution is -2.31. The van der Waals surface area contributed by atoms with Gasteiger partial charge in [0.25, 0.3) is 5.92 Å². The number of alkyl halides is 2. The Morgan fingerprint density at radius 2 is 2.29 bits per heavy atom. The fraction of sp³-hybridized carbons (Fsp3) is 0.600. The second-order valence-corrected chi connectivity index (χ2v) is 3.43. The summed E-state index contributed by atoms with van der Waals surface area (Å²) in [5, 5.41) is 10.7. The highest BCUT2D eigenvalue weighted by Gasteiger charge is 2.27. The van der Waals surface area contributed by atoms with Crippen LogP contribution in [0.3, 0.4) is 0 Å². The molecule has 0 unspecified atom stereocenters. The van der Waals surface area contributed by atoms with Gasteiger partial charge < -0.3 is 15.2 Å². The molecule has 5 nitrogen and oxygen atoms in total. The lowest BCUT2D eigenvalue weighted by atomic mass is 10.3. The molecule has 0 spiro atoms. The van der Waals surface area contributed by atoms with Crippen molar-refractivity contribution in [1.29, 1.82) is 0 Å². The number of rotatable bonds is 7. The Morgan fingerprint density at radius 1 is 1.53 bits per heavy atom. The zero-order valence-corrected chi connectivity index (χ0v) is 9.49. The quantitative estimate of drug-likeness (QED) is 0.760. The number of halogens is 2. The molecule has 0 bridgehead atoms. The summed E-state index contributed by atoms with van der Waals surface area (Å²) in [7, 11) is 0. The molecule has 1 aromatic heterocycles. The van der Waals surface area contributed by atoms with Gasteiger partial charge in [-0.25, -0.2) is 13.8 Å². The van der Waals surface area contributed by atoms with Crippen molar-refractivity contribution >= 4 is 5.95 Å². The average Bonchev–Trinajstić information content (AvgIpc) is 2.35. The third kappa shape index (κ3) is 4.90. The van der Waals surface area contributed by atoms with Crippen LogP contribution in [0, 0.1) is 0 Å². The highest BCUT2D eigenvalue weighted by molar-refractivity contribution is 5.27. The van der Waals surface area contributed by atoms with Crippen molar-refractivity contribution < 1.29 is 18.6 Å². The molecule has 0 aliphatic carbocycles. The standard InChI is InChI=1S/C10H15F2N3O2/c1-2-5-17-8-3-4-13-9(15-8)14-6-10(11,12)7-16/h3-4,16H,2,5-7H2,1H3,(H,13,14,15). The van der Waals surface area contributed by atoms with Crippen LogP contribution in [0.15, 0.2) is 12.3 Å². The predicted octanol–water partition coefficient (Wildman–Crippen LogP) is 1.30. The summed E-state index contributed by atoms with van der Waals surface area (Å²) in [4.78, 5) is 7.66. The number of aliphatic hydroxyl groups is 1. The lowest BCUT2D eigenvalue weighted by Gasteiger charge is -2.14. The molecule has 1 heterocycles. The highest BCUT2D eigenvalue weighted by atomic mass is 19.3. The molecule has 1 rings (SSSR count). The van der Waals surface area contributed by atoms with Gasteiger partial charge in [-0.1, -0.05) is 6.92 Å². The Hall–Kier alpha value is -1.50. The van der Waals surface area contributed by atoms with Crippen LogP contribution in [0.5, 0.6) is 5.88 Å². The molecule has 0 fully saturated rings. The Bertz CT molecular complexity index is 350. The zero-order valence-electron chi connectivity index (χ0n) is 9.49. The molecule has 0 saturated carbocycles. The van der Waals surface area contributed by atoms with Crippen molar-refractivity contribution in [3.8, 4) is 5.88 Å². The number of hydrogen-bond acceptors (Lipinski definition) is 5. The molecule has 7 heteroatoms. The molecule has 0 aliphatic heterocycles. The Kier molecular flexibility index (Phi) is 5.02. The molecule has 1 aromatic rings. The van der Waals surface area contributed by atoms with Gasteiger partial charge in [-0.3, -0.25) is 0 Å². The normalized spacial score (nSPS) is 11.3. The smallest absolute Gasteiger partial charge is 0.287 e. The molecule has 0 atom stereocenters. The van der Waals surface area contributed by atoms with Crippen LogP contribution in [-0.2, 0) is 0 Å². The number of anilines is 1. The van der Waals surface area contributed by atoms with Gasteiger partial charge in [0.15, 0.2) is 0 Å². The number of nitrogens with zero attached hydrogens (tertiary/aromatic N) is 2. The van der Waals surface area contributed by atoms with Crippen LogP contribution in [0.25, 0.3) is 0 Å². The summed E-state index contributed by atoms with van der Waals surface area (Å²) in [5.74, 6) is -2.81. The van der Waals surface area contributed by atoms with E-state index in [0.29, 0.717) is 12.5 Å². The third-order valence-corrected chi connectivity index (χ3v) is 1.82. The van der Waals surface area contributed by atoms with E-state index in [9.17, 15) is 8.78 Å². The van der Waals surface area contributed by atoms with Gasteiger partial charge in [0.2, 0.25) is 11.8 Å². The molecule has 0 saturated heterocycles. The first-order valence-electron chi connectivity index (χ1n) is 5.26. The topological polar surface area (TPSA) is 67.3 Å². The number of nitrogens with one attached hydrogen (secondary N) is 1. The SMILES string of the molecule is CCCOc1ccnc(NCC(F)(F)CO)n1. The minimum Gasteiger partial charge on any atom is -0.478 e. The number of aromatic nitrogens is 2. The van der Waals surface area contributed by atoms with Crippen molar-refractivity contribution in [2.45, 2.75) is 19.3 Å². The average molecular weight is 247 g/mol. The first-order valence-corrected chi connectivity index (χ1v) is 5.26. The van der Waals surface area contributed by atoms with Crippen LogP contribution in [0.2, 0.25) is 0 Å². The van der Waals surface area contributed by atoms with Crippen LogP contribution >= 0.6 is 0 Å². The van der Waals surface area contributed by atoms with Gasteiger partial charge >= 0.3 is 0 Å². The second kappa shape index (κ2) is 6.29. The Labute approximate surface area is 97.8 Å². The molecule has 0 aliphatic rings. The van der Waals surface area contributed by atoms with E-state index in [-0.39, 0.29) is 5.95 Å². The van der Waals surface area contributed by atoms with E-state index in [4.69, 9.17) is 9.84 Å². The van der Waals surface area contributed by atoms with Crippen LogP contribution < -0.4 is 10.1 Å². The summed E-state index contributed by atoms with van der Waals surface area (Å²) in [6.07, 6.45) is 2.24. The molecular formula is C10H15F2N3O2. The van der Waals surface area contributed by atoms with Gasteiger partial charge in [0.1, 0.15) is 6.61 Å². The fourth-order valence-corrected chi connectivity index (χ4v) is 0.979. The maximum atomic E-state index is 12.7. The summed E-state index contributed by atoms with van der Waals surface area (Å²) >= 11 is 0. The zero-order chi connectivity index (χ0) is 12.7. The minimum atomic E-state index is -3.19. The maximum absolute atomic E-state index is 12.7. The molecular weight excluding hydrogens is 232 g/mol. The third-order valence-electron chi connectivity index (χ3n) is 1.82. The first kappa shape index (κ1) is 13.6. The van der Waals surface area contributed by atoms with Crippen molar-refractivity contribution in [1.82, 2.24) is 9.97 Å². The minimum absolute atomic E-state index is 0.0479. The molecule has 0 radical (unpaired) electrons. The molecule has 0 aromatic carbocycles. The summed E-state index contributed by atoms with van der Waals surface area (Å²) in [5.41, 5.74) is 0. The first-order chi connectivity index (χ1) is 8.07. The summed E-state index contributed by atoms with van der Waals surface area (Å²) < 4.78 is 30.7. The van der Waals surface area contributed by atoms with Crippen molar-refractivity contribution in [3.05, 3.63) is 12.3 Å². The summed E-state index contributed by atoms with van der Waals surface area (Å²) in [6, 6.07) is 1.55. The fourth-order valence-electron chi connectivity index (χ4n) is 0.979. The maximum Gasteiger partial charge on any atom is 0.287 e. The highest BCUT2D eigenvalue weighted by Crippen LogP contribution is 2.14. The molecule has 0 amide bonds. The van der Waals surface area contributed by atoms with Gasteiger partial charge in [-0.2, -0.15) is 4.98 Å². The van der Waals surface area contributed by atoms with E-state index < -0.39 is 19.1 Å². The predicted molar refractivity (Wildman–Crippen MR) is 58.3 cm³/mol. The second-order valence-electron chi connectivity index (χ2n) is 3.43. The number of hydrogen-bond donors (Lipinski definition) is 2. The molecule has 96 valence electrons. The van der Waals surface area contributed by atoms with Gasteiger partial charge in [0.05, 0.1) is 13.2 Å². The largest absolute Gasteiger partial charge is 0.478 e. The van der Waals surface area contributed by atoms with Crippen LogP contribution in [0.1, 0.15) is 13.3 Å². The van der Waals surface area contributed by atoms with E-state index in [1.807, 2.05) is 6.92 Å². The summed E-state index contributed by atoms with van der Waals surface area (Å²) in [6.45, 7) is 0.512. The van der Waals surface area contributed by atoms with Gasteiger partial charge in [-0.15, -0.1) is 0 Å². The monoisotopic (exact) mass is 247 g/mol. The number of aliphatic hydroxyl groups excluding tert-OH is 1. The van der Waals surface area contributed by atoms with E-state index in [0.717, 1.165) is 6.42 Å². The van der Waals surface area contributed by atoms with Crippen LogP contribution in [0.4, 0.5) is 14.7 Å². The van der Waals surface area contributed by atoms with Gasteiger partial charge in [-0.05, 0) is 6.42 Å². The van der Waals surface area contributed by atoms with Crippen molar-refractivity contribution in [2.24, 2.45) is 0 Å². The number of ether oxygens (including phenoxy) is 1. The van der Waals surface area contributed by atoms with Gasteiger partial charge in [0, 0.05) is 12.3 Å². The van der Waals surface area contributed by atoms with E-state index in [1.165, 1.54) is 6.20 Å². The lowest BCUT2D eigenvalue weighted by molar-refractivity contribution is -0.0374. The van der Waals surface area contributed by atoms with Crippen molar-refractivity contribution in [2.75, 3.05) is 25.1 Å². The Balaban J connectivity index is 2.53. The molecule has 2 N–H and O–H groups in total. The van der Waals surface area contributed by atoms with Crippen LogP contribution in [-0.4, -0.2) is 40.8 Å². The van der Waals surface area contributed by atoms with E-state index >= 15 is 0 Å².